The molecular formula is C24H19F3N4O3S. The van der Waals surface area contributed by atoms with Gasteiger partial charge in [-0.1, -0.05) is 18.2 Å². The van der Waals surface area contributed by atoms with Crippen LogP contribution in [0.5, 0.6) is 0 Å². The molecule has 0 bridgehead atoms. The van der Waals surface area contributed by atoms with E-state index in [-0.39, 0.29) is 11.5 Å². The van der Waals surface area contributed by atoms with Gasteiger partial charge in [-0.2, -0.15) is 13.2 Å². The van der Waals surface area contributed by atoms with Crippen LogP contribution in [0.4, 0.5) is 24.8 Å². The van der Waals surface area contributed by atoms with E-state index in [1.165, 1.54) is 30.4 Å². The van der Waals surface area contributed by atoms with Crippen molar-refractivity contribution in [3.05, 3.63) is 88.3 Å². The first-order valence-corrected chi connectivity index (χ1v) is 11.1. The quantitative estimate of drug-likeness (QED) is 0.315. The Bertz CT molecular complexity index is 1400. The summed E-state index contributed by atoms with van der Waals surface area (Å²) in [5, 5.41) is 23.6. The number of carbonyl (C=O) groups is 1. The highest BCUT2D eigenvalue weighted by atomic mass is 32.1. The van der Waals surface area contributed by atoms with Gasteiger partial charge in [0.1, 0.15) is 16.3 Å². The van der Waals surface area contributed by atoms with Crippen molar-refractivity contribution in [3.63, 3.8) is 0 Å². The molecule has 0 aliphatic rings. The van der Waals surface area contributed by atoms with Crippen LogP contribution in [-0.2, 0) is 11.8 Å². The minimum Gasteiger partial charge on any atom is -0.478 e. The number of rotatable bonds is 6. The third-order valence-electron chi connectivity index (χ3n) is 5.16. The Morgan fingerprint density at radius 1 is 1.09 bits per heavy atom. The lowest BCUT2D eigenvalue weighted by molar-refractivity contribution is -0.141. The lowest BCUT2D eigenvalue weighted by Gasteiger charge is -2.21. The fourth-order valence-electron chi connectivity index (χ4n) is 3.41. The van der Waals surface area contributed by atoms with E-state index in [1.807, 2.05) is 13.0 Å². The van der Waals surface area contributed by atoms with Gasteiger partial charge in [0.15, 0.2) is 0 Å². The van der Waals surface area contributed by atoms with Gasteiger partial charge in [0.05, 0.1) is 10.4 Å². The molecule has 2 aromatic carbocycles. The van der Waals surface area contributed by atoms with Crippen LogP contribution in [0.2, 0.25) is 0 Å². The van der Waals surface area contributed by atoms with Crippen LogP contribution in [0.3, 0.4) is 0 Å². The Morgan fingerprint density at radius 3 is 2.57 bits per heavy atom. The second-order valence-electron chi connectivity index (χ2n) is 7.96. The summed E-state index contributed by atoms with van der Waals surface area (Å²) in [7, 11) is 0. The predicted octanol–water partition coefficient (Wildman–Crippen LogP) is 5.62. The van der Waals surface area contributed by atoms with Crippen molar-refractivity contribution >= 4 is 28.9 Å². The van der Waals surface area contributed by atoms with Crippen molar-refractivity contribution in [3.8, 4) is 10.4 Å². The molecule has 0 fully saturated rings. The lowest BCUT2D eigenvalue weighted by atomic mass is 9.95. The molecule has 4 aromatic rings. The summed E-state index contributed by atoms with van der Waals surface area (Å²) in [5.41, 5.74) is -0.131. The number of aliphatic hydroxyl groups is 1. The van der Waals surface area contributed by atoms with E-state index in [4.69, 9.17) is 0 Å². The number of hydrogen-bond acceptors (Lipinski definition) is 7. The van der Waals surface area contributed by atoms with Gasteiger partial charge in [-0.25, -0.2) is 19.7 Å². The lowest BCUT2D eigenvalue weighted by Crippen LogP contribution is -2.22. The molecule has 2 aromatic heterocycles. The van der Waals surface area contributed by atoms with Crippen molar-refractivity contribution < 1.29 is 28.2 Å². The number of thiazole rings is 1. The topological polar surface area (TPSA) is 108 Å². The fraction of sp³-hybridized carbons (Fsp3) is 0.167. The van der Waals surface area contributed by atoms with Crippen LogP contribution in [0, 0.1) is 6.92 Å². The highest BCUT2D eigenvalue weighted by Crippen LogP contribution is 2.37. The molecule has 0 spiro atoms. The number of carboxylic acid groups (broad SMARTS) is 1. The van der Waals surface area contributed by atoms with E-state index in [1.54, 1.807) is 30.5 Å². The Kier molecular flexibility index (Phi) is 6.30. The molecule has 180 valence electrons. The van der Waals surface area contributed by atoms with Crippen molar-refractivity contribution in [2.75, 3.05) is 5.32 Å². The maximum atomic E-state index is 13.0. The van der Waals surface area contributed by atoms with Gasteiger partial charge in [0, 0.05) is 18.1 Å². The number of aryl methyl sites for hydroxylation is 1. The maximum Gasteiger partial charge on any atom is 0.433 e. The number of halogens is 3. The molecule has 11 heteroatoms. The van der Waals surface area contributed by atoms with E-state index in [9.17, 15) is 28.2 Å². The highest BCUT2D eigenvalue weighted by molar-refractivity contribution is 7.15. The molecule has 0 aliphatic carbocycles. The van der Waals surface area contributed by atoms with Gasteiger partial charge in [-0.05, 0) is 60.9 Å². The molecule has 7 nitrogen and oxygen atoms in total. The molecule has 0 saturated carbocycles. The van der Waals surface area contributed by atoms with Crippen molar-refractivity contribution in [1.29, 1.82) is 0 Å². The number of alkyl halides is 3. The van der Waals surface area contributed by atoms with Gasteiger partial charge in [0.25, 0.3) is 0 Å². The van der Waals surface area contributed by atoms with Crippen LogP contribution < -0.4 is 5.32 Å². The van der Waals surface area contributed by atoms with Gasteiger partial charge in [0.2, 0.25) is 5.95 Å². The largest absolute Gasteiger partial charge is 0.478 e. The Hall–Kier alpha value is -3.83. The third kappa shape index (κ3) is 5.31. The fourth-order valence-corrected chi connectivity index (χ4v) is 4.39. The zero-order valence-corrected chi connectivity index (χ0v) is 19.3. The number of anilines is 2. The zero-order chi connectivity index (χ0) is 25.4. The summed E-state index contributed by atoms with van der Waals surface area (Å²) in [4.78, 5) is 23.7. The molecule has 35 heavy (non-hydrogen) atoms. The van der Waals surface area contributed by atoms with Gasteiger partial charge >= 0.3 is 12.1 Å². The van der Waals surface area contributed by atoms with Gasteiger partial charge < -0.3 is 15.5 Å². The van der Waals surface area contributed by atoms with E-state index in [0.29, 0.717) is 21.1 Å². The van der Waals surface area contributed by atoms with Crippen LogP contribution in [0.1, 0.15) is 39.1 Å². The minimum atomic E-state index is -4.59. The minimum absolute atomic E-state index is 0.0470. The van der Waals surface area contributed by atoms with Crippen LogP contribution in [0.15, 0.2) is 60.9 Å². The number of hydrogen-bond donors (Lipinski definition) is 3. The molecule has 0 aliphatic heterocycles. The summed E-state index contributed by atoms with van der Waals surface area (Å²) >= 11 is 1.22. The number of nitrogens with zero attached hydrogens (tertiary/aromatic N) is 3. The maximum absolute atomic E-state index is 13.0. The Balaban J connectivity index is 1.64. The molecule has 0 amide bonds. The summed E-state index contributed by atoms with van der Waals surface area (Å²) < 4.78 is 38.9. The summed E-state index contributed by atoms with van der Waals surface area (Å²) in [6, 6.07) is 12.1. The van der Waals surface area contributed by atoms with Gasteiger partial charge in [-0.15, -0.1) is 11.3 Å². The molecule has 1 atom stereocenters. The highest BCUT2D eigenvalue weighted by Gasteiger charge is 2.33. The molecule has 3 N–H and O–H groups in total. The summed E-state index contributed by atoms with van der Waals surface area (Å²) in [5.74, 6) is -1.30. The van der Waals surface area contributed by atoms with Crippen LogP contribution >= 0.6 is 11.3 Å². The van der Waals surface area contributed by atoms with Crippen LogP contribution in [-0.4, -0.2) is 31.1 Å². The second-order valence-corrected chi connectivity index (χ2v) is 8.99. The van der Waals surface area contributed by atoms with Crippen molar-refractivity contribution in [2.45, 2.75) is 25.6 Å². The molecule has 2 heterocycles. The second kappa shape index (κ2) is 9.08. The monoisotopic (exact) mass is 500 g/mol. The van der Waals surface area contributed by atoms with Crippen molar-refractivity contribution in [2.24, 2.45) is 0 Å². The first-order valence-electron chi connectivity index (χ1n) is 10.3. The van der Waals surface area contributed by atoms with E-state index in [0.717, 1.165) is 23.4 Å². The molecule has 4 rings (SSSR count). The van der Waals surface area contributed by atoms with Crippen LogP contribution in [0.25, 0.3) is 10.4 Å². The predicted molar refractivity (Wildman–Crippen MR) is 125 cm³/mol. The number of benzene rings is 2. The smallest absolute Gasteiger partial charge is 0.433 e. The van der Waals surface area contributed by atoms with Gasteiger partial charge in [-0.3, -0.25) is 0 Å². The zero-order valence-electron chi connectivity index (χ0n) is 18.5. The number of aromatic nitrogens is 3. The first-order chi connectivity index (χ1) is 16.4. The average Bonchev–Trinajstić information content (AvgIpc) is 3.30. The van der Waals surface area contributed by atoms with E-state index < -0.39 is 23.4 Å². The van der Waals surface area contributed by atoms with E-state index in [2.05, 4.69) is 20.3 Å². The summed E-state index contributed by atoms with van der Waals surface area (Å²) in [6.07, 6.45) is -1.97. The Morgan fingerprint density at radius 2 is 1.86 bits per heavy atom. The number of aromatic carboxylic acids is 1. The van der Waals surface area contributed by atoms with E-state index >= 15 is 0 Å². The Labute approximate surface area is 202 Å². The van der Waals surface area contributed by atoms with Crippen molar-refractivity contribution in [1.82, 2.24) is 15.0 Å². The molecule has 0 radical (unpaired) electrons. The normalized spacial score (nSPS) is 13.3. The summed E-state index contributed by atoms with van der Waals surface area (Å²) in [6.45, 7) is 3.36. The number of carboxylic acids is 1. The average molecular weight is 501 g/mol. The molecule has 0 unspecified atom stereocenters. The third-order valence-corrected chi connectivity index (χ3v) is 6.42. The standard InChI is InChI=1S/C24H19F3N4O3S/c1-13-8-15(11-17(9-13)30-22-28-7-6-19(31-22)24(25,26)27)18-12-29-21(35-18)23(2,34)16-5-3-4-14(10-16)20(32)33/h3-12,34H,1-2H3,(H,32,33)(H,28,30,31)/t23-/m0/s1. The SMILES string of the molecule is Cc1cc(Nc2nccc(C(F)(F)F)n2)cc(-c2cnc([C@@](C)(O)c3cccc(C(=O)O)c3)s2)c1. The number of nitrogens with one attached hydrogen (secondary N) is 1. The first kappa shape index (κ1) is 24.3. The molecule has 0 saturated heterocycles. The molecular weight excluding hydrogens is 481 g/mol.